The van der Waals surface area contributed by atoms with Crippen molar-refractivity contribution in [3.8, 4) is 11.3 Å². The van der Waals surface area contributed by atoms with E-state index in [4.69, 9.17) is 0 Å². The quantitative estimate of drug-likeness (QED) is 0.938. The molecule has 0 saturated carbocycles. The third-order valence-corrected chi connectivity index (χ3v) is 2.74. The Morgan fingerprint density at radius 3 is 2.69 bits per heavy atom. The number of carbonyl (C=O) groups excluding carboxylic acids is 1. The lowest BCUT2D eigenvalue weighted by Gasteiger charge is -1.95. The van der Waals surface area contributed by atoms with Crippen LogP contribution in [0.2, 0.25) is 0 Å². The summed E-state index contributed by atoms with van der Waals surface area (Å²) in [4.78, 5) is 10.9. The molecule has 4 heteroatoms. The molecule has 0 aliphatic heterocycles. The van der Waals surface area contributed by atoms with Gasteiger partial charge in [0.25, 0.3) is 0 Å². The molecule has 3 nitrogen and oxygen atoms in total. The Morgan fingerprint density at radius 1 is 1.38 bits per heavy atom. The van der Waals surface area contributed by atoms with Gasteiger partial charge in [0.2, 0.25) is 0 Å². The topological polar surface area (TPSA) is 45.8 Å². The van der Waals surface area contributed by atoms with Gasteiger partial charge in [-0.2, -0.15) is 5.10 Å². The number of halogens is 1. The molecule has 0 radical (unpaired) electrons. The largest absolute Gasteiger partial charge is 0.300 e. The van der Waals surface area contributed by atoms with E-state index in [9.17, 15) is 4.79 Å². The van der Waals surface area contributed by atoms with Crippen LogP contribution in [0.5, 0.6) is 0 Å². The van der Waals surface area contributed by atoms with Crippen molar-refractivity contribution < 1.29 is 4.79 Å². The number of aromatic amines is 1. The zero-order chi connectivity index (χ0) is 11.5. The molecule has 0 aliphatic rings. The fourth-order valence-electron chi connectivity index (χ4n) is 1.49. The molecular weight excluding hydrogens is 268 g/mol. The first-order chi connectivity index (χ1) is 7.65. The highest BCUT2D eigenvalue weighted by Gasteiger charge is 2.05. The first-order valence-electron chi connectivity index (χ1n) is 4.95. The summed E-state index contributed by atoms with van der Waals surface area (Å²) in [5.41, 5.74) is 2.75. The number of aromatic nitrogens is 2. The minimum Gasteiger partial charge on any atom is -0.300 e. The number of nitrogens with one attached hydrogen (secondary N) is 1. The lowest BCUT2D eigenvalue weighted by atomic mass is 10.1. The molecule has 82 valence electrons. The zero-order valence-electron chi connectivity index (χ0n) is 8.83. The van der Waals surface area contributed by atoms with Crippen molar-refractivity contribution in [2.75, 3.05) is 0 Å². The van der Waals surface area contributed by atoms with Gasteiger partial charge in [0.05, 0.1) is 5.69 Å². The van der Waals surface area contributed by atoms with Crippen molar-refractivity contribution >= 4 is 21.7 Å². The SMILES string of the molecule is CC(=O)Cc1cc(-c2ccc(Br)cc2)n[nH]1. The number of rotatable bonds is 3. The monoisotopic (exact) mass is 278 g/mol. The van der Waals surface area contributed by atoms with E-state index >= 15 is 0 Å². The third-order valence-electron chi connectivity index (χ3n) is 2.21. The van der Waals surface area contributed by atoms with Gasteiger partial charge in [-0.3, -0.25) is 9.89 Å². The minimum atomic E-state index is 0.131. The lowest BCUT2D eigenvalue weighted by Crippen LogP contribution is -1.95. The molecule has 1 heterocycles. The maximum atomic E-state index is 10.9. The summed E-state index contributed by atoms with van der Waals surface area (Å²) in [6.07, 6.45) is 0.406. The van der Waals surface area contributed by atoms with Crippen molar-refractivity contribution in [1.29, 1.82) is 0 Å². The standard InChI is InChI=1S/C12H11BrN2O/c1-8(16)6-11-7-12(15-14-11)9-2-4-10(13)5-3-9/h2-5,7H,6H2,1H3,(H,14,15). The average Bonchev–Trinajstić information content (AvgIpc) is 2.66. The number of ketones is 1. The normalized spacial score (nSPS) is 10.4. The van der Waals surface area contributed by atoms with Gasteiger partial charge in [0, 0.05) is 22.2 Å². The fourth-order valence-corrected chi connectivity index (χ4v) is 1.75. The van der Waals surface area contributed by atoms with E-state index in [1.807, 2.05) is 30.3 Å². The van der Waals surface area contributed by atoms with Crippen LogP contribution < -0.4 is 0 Å². The second-order valence-corrected chi connectivity index (χ2v) is 4.58. The van der Waals surface area contributed by atoms with Gasteiger partial charge in [-0.1, -0.05) is 28.1 Å². The molecule has 0 fully saturated rings. The van der Waals surface area contributed by atoms with E-state index in [1.165, 1.54) is 0 Å². The molecule has 2 rings (SSSR count). The second kappa shape index (κ2) is 4.61. The zero-order valence-corrected chi connectivity index (χ0v) is 10.4. The Hall–Kier alpha value is -1.42. The maximum absolute atomic E-state index is 10.9. The number of hydrogen-bond acceptors (Lipinski definition) is 2. The van der Waals surface area contributed by atoms with Gasteiger partial charge in [0.15, 0.2) is 0 Å². The number of H-pyrrole nitrogens is 1. The van der Waals surface area contributed by atoms with Crippen LogP contribution in [0, 0.1) is 0 Å². The number of nitrogens with zero attached hydrogens (tertiary/aromatic N) is 1. The highest BCUT2D eigenvalue weighted by Crippen LogP contribution is 2.20. The van der Waals surface area contributed by atoms with Crippen LogP contribution in [0.25, 0.3) is 11.3 Å². The molecule has 16 heavy (non-hydrogen) atoms. The summed E-state index contributed by atoms with van der Waals surface area (Å²) < 4.78 is 1.04. The van der Waals surface area contributed by atoms with E-state index in [2.05, 4.69) is 26.1 Å². The Morgan fingerprint density at radius 2 is 2.06 bits per heavy atom. The molecule has 0 spiro atoms. The van der Waals surface area contributed by atoms with Gasteiger partial charge in [-0.05, 0) is 25.1 Å². The molecule has 0 unspecified atom stereocenters. The molecule has 2 aromatic rings. The minimum absolute atomic E-state index is 0.131. The molecule has 0 bridgehead atoms. The van der Waals surface area contributed by atoms with Crippen LogP contribution in [-0.2, 0) is 11.2 Å². The number of carbonyl (C=O) groups is 1. The van der Waals surface area contributed by atoms with Crippen LogP contribution in [0.15, 0.2) is 34.8 Å². The number of benzene rings is 1. The Kier molecular flexibility index (Phi) is 3.19. The predicted molar refractivity (Wildman–Crippen MR) is 66.1 cm³/mol. The van der Waals surface area contributed by atoms with Crippen molar-refractivity contribution in [2.45, 2.75) is 13.3 Å². The molecular formula is C12H11BrN2O. The average molecular weight is 279 g/mol. The van der Waals surface area contributed by atoms with E-state index in [0.29, 0.717) is 6.42 Å². The molecule has 1 N–H and O–H groups in total. The summed E-state index contributed by atoms with van der Waals surface area (Å²) in [5, 5.41) is 7.04. The number of hydrogen-bond donors (Lipinski definition) is 1. The van der Waals surface area contributed by atoms with Crippen LogP contribution in [0.3, 0.4) is 0 Å². The highest BCUT2D eigenvalue weighted by molar-refractivity contribution is 9.10. The van der Waals surface area contributed by atoms with Crippen molar-refractivity contribution in [3.05, 3.63) is 40.5 Å². The summed E-state index contributed by atoms with van der Waals surface area (Å²) in [5.74, 6) is 0.131. The van der Waals surface area contributed by atoms with Crippen molar-refractivity contribution in [2.24, 2.45) is 0 Å². The highest BCUT2D eigenvalue weighted by atomic mass is 79.9. The Balaban J connectivity index is 2.24. The number of Topliss-reactive ketones (excluding diaryl/α,β-unsaturated/α-hetero) is 1. The first kappa shape index (κ1) is 11.1. The van der Waals surface area contributed by atoms with E-state index in [0.717, 1.165) is 21.4 Å². The smallest absolute Gasteiger partial charge is 0.135 e. The van der Waals surface area contributed by atoms with Crippen LogP contribution in [-0.4, -0.2) is 16.0 Å². The van der Waals surface area contributed by atoms with Crippen LogP contribution in [0.4, 0.5) is 0 Å². The van der Waals surface area contributed by atoms with Gasteiger partial charge < -0.3 is 0 Å². The van der Waals surface area contributed by atoms with Gasteiger partial charge in [0.1, 0.15) is 5.78 Å². The van der Waals surface area contributed by atoms with Crippen LogP contribution in [0.1, 0.15) is 12.6 Å². The van der Waals surface area contributed by atoms with Crippen molar-refractivity contribution in [1.82, 2.24) is 10.2 Å². The molecule has 0 atom stereocenters. The third kappa shape index (κ3) is 2.58. The summed E-state index contributed by atoms with van der Waals surface area (Å²) >= 11 is 3.38. The summed E-state index contributed by atoms with van der Waals surface area (Å²) in [6.45, 7) is 1.57. The lowest BCUT2D eigenvalue weighted by molar-refractivity contribution is -0.116. The fraction of sp³-hybridized carbons (Fsp3) is 0.167. The van der Waals surface area contributed by atoms with Gasteiger partial charge in [-0.25, -0.2) is 0 Å². The molecule has 0 aliphatic carbocycles. The predicted octanol–water partition coefficient (Wildman–Crippen LogP) is 2.97. The van der Waals surface area contributed by atoms with E-state index in [1.54, 1.807) is 6.92 Å². The summed E-state index contributed by atoms with van der Waals surface area (Å²) in [6, 6.07) is 9.81. The Bertz CT molecular complexity index is 502. The summed E-state index contributed by atoms with van der Waals surface area (Å²) in [7, 11) is 0. The van der Waals surface area contributed by atoms with E-state index in [-0.39, 0.29) is 5.78 Å². The van der Waals surface area contributed by atoms with Gasteiger partial charge >= 0.3 is 0 Å². The molecule has 0 amide bonds. The first-order valence-corrected chi connectivity index (χ1v) is 5.74. The molecule has 1 aromatic heterocycles. The van der Waals surface area contributed by atoms with E-state index < -0.39 is 0 Å². The molecule has 0 saturated heterocycles. The maximum Gasteiger partial charge on any atom is 0.135 e. The second-order valence-electron chi connectivity index (χ2n) is 3.66. The van der Waals surface area contributed by atoms with Crippen LogP contribution >= 0.6 is 15.9 Å². The molecule has 1 aromatic carbocycles. The van der Waals surface area contributed by atoms with Crippen molar-refractivity contribution in [3.63, 3.8) is 0 Å². The Labute approximate surface area is 102 Å². The van der Waals surface area contributed by atoms with Gasteiger partial charge in [-0.15, -0.1) is 0 Å².